The van der Waals surface area contributed by atoms with Crippen LogP contribution < -0.4 is 0 Å². The van der Waals surface area contributed by atoms with Gasteiger partial charge < -0.3 is 9.84 Å². The number of aliphatic hydroxyl groups is 1. The van der Waals surface area contributed by atoms with E-state index >= 15 is 0 Å². The van der Waals surface area contributed by atoms with Crippen molar-refractivity contribution in [3.63, 3.8) is 0 Å². The Morgan fingerprint density at radius 3 is 2.77 bits per heavy atom. The van der Waals surface area contributed by atoms with Gasteiger partial charge in [0, 0.05) is 18.7 Å². The van der Waals surface area contributed by atoms with Gasteiger partial charge in [0.25, 0.3) is 0 Å². The maximum Gasteiger partial charge on any atom is 0.0645 e. The minimum Gasteiger partial charge on any atom is -0.396 e. The van der Waals surface area contributed by atoms with Crippen molar-refractivity contribution in [2.75, 3.05) is 32.9 Å². The van der Waals surface area contributed by atoms with E-state index in [4.69, 9.17) is 9.84 Å². The highest BCUT2D eigenvalue weighted by atomic mass is 16.5. The van der Waals surface area contributed by atoms with Gasteiger partial charge in [-0.25, -0.2) is 0 Å². The molecule has 1 aliphatic heterocycles. The van der Waals surface area contributed by atoms with Crippen molar-refractivity contribution >= 4 is 0 Å². The number of morpholine rings is 1. The molecule has 0 aliphatic carbocycles. The summed E-state index contributed by atoms with van der Waals surface area (Å²) in [5, 5.41) is 8.68. The standard InChI is InChI=1S/C10H21NO2/c1-10(2)9-13-8-6-11(10)5-3-4-7-12/h12H,3-9H2,1-2H3. The van der Waals surface area contributed by atoms with Crippen LogP contribution in [0, 0.1) is 0 Å². The molecule has 3 heteroatoms. The van der Waals surface area contributed by atoms with Crippen LogP contribution in [0.1, 0.15) is 26.7 Å². The van der Waals surface area contributed by atoms with E-state index in [-0.39, 0.29) is 5.54 Å². The molecule has 0 unspecified atom stereocenters. The predicted octanol–water partition coefficient (Wildman–Crippen LogP) is 0.870. The lowest BCUT2D eigenvalue weighted by Gasteiger charge is -2.42. The van der Waals surface area contributed by atoms with Crippen LogP contribution in [0.4, 0.5) is 0 Å². The maximum atomic E-state index is 8.68. The lowest BCUT2D eigenvalue weighted by molar-refractivity contribution is -0.0516. The molecule has 1 fully saturated rings. The Morgan fingerprint density at radius 1 is 1.38 bits per heavy atom. The summed E-state index contributed by atoms with van der Waals surface area (Å²) in [4.78, 5) is 2.45. The van der Waals surface area contributed by atoms with Crippen LogP contribution in [-0.4, -0.2) is 48.5 Å². The zero-order valence-electron chi connectivity index (χ0n) is 8.75. The van der Waals surface area contributed by atoms with Gasteiger partial charge in [0.05, 0.1) is 13.2 Å². The molecule has 13 heavy (non-hydrogen) atoms. The van der Waals surface area contributed by atoms with Gasteiger partial charge in [-0.3, -0.25) is 4.90 Å². The van der Waals surface area contributed by atoms with Crippen molar-refractivity contribution in [3.8, 4) is 0 Å². The molecule has 0 radical (unpaired) electrons. The molecule has 1 heterocycles. The van der Waals surface area contributed by atoms with E-state index in [1.807, 2.05) is 0 Å². The summed E-state index contributed by atoms with van der Waals surface area (Å²) >= 11 is 0. The molecule has 0 bridgehead atoms. The summed E-state index contributed by atoms with van der Waals surface area (Å²) < 4.78 is 5.43. The third-order valence-corrected chi connectivity index (χ3v) is 2.65. The van der Waals surface area contributed by atoms with Gasteiger partial charge in [0.2, 0.25) is 0 Å². The molecule has 0 aromatic rings. The molecular weight excluding hydrogens is 166 g/mol. The van der Waals surface area contributed by atoms with E-state index in [9.17, 15) is 0 Å². The van der Waals surface area contributed by atoms with Gasteiger partial charge >= 0.3 is 0 Å². The van der Waals surface area contributed by atoms with E-state index in [1.165, 1.54) is 0 Å². The van der Waals surface area contributed by atoms with E-state index in [0.29, 0.717) is 6.61 Å². The highest BCUT2D eigenvalue weighted by molar-refractivity contribution is 4.83. The quantitative estimate of drug-likeness (QED) is 0.663. The molecule has 1 N–H and O–H groups in total. The van der Waals surface area contributed by atoms with Gasteiger partial charge in [0.1, 0.15) is 0 Å². The smallest absolute Gasteiger partial charge is 0.0645 e. The third-order valence-electron chi connectivity index (χ3n) is 2.65. The molecule has 1 rings (SSSR count). The van der Waals surface area contributed by atoms with Crippen LogP contribution in [0.2, 0.25) is 0 Å². The Labute approximate surface area is 80.7 Å². The van der Waals surface area contributed by atoms with Crippen molar-refractivity contribution in [1.29, 1.82) is 0 Å². The average molecular weight is 187 g/mol. The molecule has 78 valence electrons. The fraction of sp³-hybridized carbons (Fsp3) is 1.00. The summed E-state index contributed by atoms with van der Waals surface area (Å²) in [5.41, 5.74) is 0.174. The number of rotatable bonds is 4. The van der Waals surface area contributed by atoms with Crippen molar-refractivity contribution in [2.45, 2.75) is 32.2 Å². The summed E-state index contributed by atoms with van der Waals surface area (Å²) in [6.07, 6.45) is 1.99. The van der Waals surface area contributed by atoms with Crippen molar-refractivity contribution in [3.05, 3.63) is 0 Å². The van der Waals surface area contributed by atoms with E-state index in [0.717, 1.165) is 39.1 Å². The molecule has 0 spiro atoms. The molecular formula is C10H21NO2. The Morgan fingerprint density at radius 2 is 2.15 bits per heavy atom. The Bertz CT molecular complexity index is 148. The van der Waals surface area contributed by atoms with Gasteiger partial charge in [-0.15, -0.1) is 0 Å². The molecule has 3 nitrogen and oxygen atoms in total. The first-order valence-electron chi connectivity index (χ1n) is 5.10. The fourth-order valence-electron chi connectivity index (χ4n) is 1.72. The maximum absolute atomic E-state index is 8.68. The first-order chi connectivity index (χ1) is 6.17. The number of ether oxygens (including phenoxy) is 1. The van der Waals surface area contributed by atoms with Crippen molar-refractivity contribution < 1.29 is 9.84 Å². The van der Waals surface area contributed by atoms with E-state index < -0.39 is 0 Å². The van der Waals surface area contributed by atoms with Gasteiger partial charge in [0.15, 0.2) is 0 Å². The third kappa shape index (κ3) is 3.25. The minimum atomic E-state index is 0.174. The molecule has 1 aliphatic rings. The number of aliphatic hydroxyl groups excluding tert-OH is 1. The predicted molar refractivity (Wildman–Crippen MR) is 52.8 cm³/mol. The highest BCUT2D eigenvalue weighted by Crippen LogP contribution is 2.18. The summed E-state index contributed by atoms with van der Waals surface area (Å²) in [6.45, 7) is 8.52. The fourth-order valence-corrected chi connectivity index (χ4v) is 1.72. The second kappa shape index (κ2) is 4.94. The lowest BCUT2D eigenvalue weighted by atomic mass is 10.0. The number of hydrogen-bond donors (Lipinski definition) is 1. The summed E-state index contributed by atoms with van der Waals surface area (Å²) in [6, 6.07) is 0. The highest BCUT2D eigenvalue weighted by Gasteiger charge is 2.29. The first-order valence-corrected chi connectivity index (χ1v) is 5.10. The Kier molecular flexibility index (Phi) is 4.16. The van der Waals surface area contributed by atoms with Crippen LogP contribution >= 0.6 is 0 Å². The van der Waals surface area contributed by atoms with Crippen LogP contribution in [-0.2, 0) is 4.74 Å². The Balaban J connectivity index is 2.29. The second-order valence-corrected chi connectivity index (χ2v) is 4.28. The van der Waals surface area contributed by atoms with Gasteiger partial charge in [-0.1, -0.05) is 0 Å². The van der Waals surface area contributed by atoms with E-state index in [2.05, 4.69) is 18.7 Å². The average Bonchev–Trinajstić information content (AvgIpc) is 2.08. The lowest BCUT2D eigenvalue weighted by Crippen LogP contribution is -2.53. The molecule has 0 aromatic heterocycles. The van der Waals surface area contributed by atoms with Crippen LogP contribution in [0.15, 0.2) is 0 Å². The van der Waals surface area contributed by atoms with Crippen LogP contribution in [0.5, 0.6) is 0 Å². The molecule has 1 saturated heterocycles. The number of hydrogen-bond acceptors (Lipinski definition) is 3. The van der Waals surface area contributed by atoms with Gasteiger partial charge in [-0.05, 0) is 33.2 Å². The summed E-state index contributed by atoms with van der Waals surface area (Å²) in [5.74, 6) is 0. The van der Waals surface area contributed by atoms with E-state index in [1.54, 1.807) is 0 Å². The zero-order valence-corrected chi connectivity index (χ0v) is 8.75. The molecule has 0 saturated carbocycles. The first kappa shape index (κ1) is 11.0. The topological polar surface area (TPSA) is 32.7 Å². The summed E-state index contributed by atoms with van der Waals surface area (Å²) in [7, 11) is 0. The van der Waals surface area contributed by atoms with Crippen molar-refractivity contribution in [1.82, 2.24) is 4.90 Å². The molecule has 0 atom stereocenters. The molecule has 0 aromatic carbocycles. The van der Waals surface area contributed by atoms with Crippen LogP contribution in [0.3, 0.4) is 0 Å². The SMILES string of the molecule is CC1(C)COCCN1CCCCO. The largest absolute Gasteiger partial charge is 0.396 e. The van der Waals surface area contributed by atoms with Crippen molar-refractivity contribution in [2.24, 2.45) is 0 Å². The number of nitrogens with zero attached hydrogens (tertiary/aromatic N) is 1. The number of unbranched alkanes of at least 4 members (excludes halogenated alkanes) is 1. The second-order valence-electron chi connectivity index (χ2n) is 4.28. The van der Waals surface area contributed by atoms with Gasteiger partial charge in [-0.2, -0.15) is 0 Å². The minimum absolute atomic E-state index is 0.174. The van der Waals surface area contributed by atoms with Crippen LogP contribution in [0.25, 0.3) is 0 Å². The zero-order chi connectivity index (χ0) is 9.73. The molecule has 0 amide bonds. The Hall–Kier alpha value is -0.120. The monoisotopic (exact) mass is 187 g/mol. The normalized spacial score (nSPS) is 23.3.